The van der Waals surface area contributed by atoms with Crippen molar-refractivity contribution in [1.82, 2.24) is 4.90 Å². The fraction of sp³-hybridized carbons (Fsp3) is 0.667. The van der Waals surface area contributed by atoms with Crippen LogP contribution in [0.15, 0.2) is 0 Å². The molecule has 0 aromatic rings. The third-order valence-corrected chi connectivity index (χ3v) is 3.79. The van der Waals surface area contributed by atoms with Crippen LogP contribution in [0.5, 0.6) is 0 Å². The maximum absolute atomic E-state index is 12.0. The minimum Gasteiger partial charge on any atom is -0.548 e. The van der Waals surface area contributed by atoms with Gasteiger partial charge in [-0.1, -0.05) is 6.92 Å². The van der Waals surface area contributed by atoms with Gasteiger partial charge in [-0.15, -0.1) is 0 Å². The number of β-lactam (4-membered cyclic amide) rings is 1. The van der Waals surface area contributed by atoms with E-state index in [4.69, 9.17) is 4.74 Å². The monoisotopic (exact) mass is 291 g/mol. The van der Waals surface area contributed by atoms with Gasteiger partial charge in [0, 0.05) is 12.8 Å². The predicted octanol–water partition coefficient (Wildman–Crippen LogP) is -4.89. The number of Topliss-reactive ketones (excluding diaryl/α,β-unsaturated/α-hetero) is 1. The molecule has 0 N–H and O–H groups in total. The second-order valence-corrected chi connectivity index (χ2v) is 4.99. The molecule has 0 saturated carbocycles. The number of carboxylic acid groups (broad SMARTS) is 1. The number of hydrogen-bond donors (Lipinski definition) is 0. The van der Waals surface area contributed by atoms with Crippen molar-refractivity contribution in [2.45, 2.75) is 39.0 Å². The zero-order valence-electron chi connectivity index (χ0n) is 11.8. The van der Waals surface area contributed by atoms with E-state index in [0.717, 1.165) is 4.90 Å². The van der Waals surface area contributed by atoms with Gasteiger partial charge < -0.3 is 19.5 Å². The fourth-order valence-electron chi connectivity index (χ4n) is 2.94. The number of fused-ring (bicyclic) bond motifs is 1. The number of esters is 1. The Morgan fingerprint density at radius 1 is 1.35 bits per heavy atom. The van der Waals surface area contributed by atoms with Crippen LogP contribution in [-0.2, 0) is 23.9 Å². The van der Waals surface area contributed by atoms with Crippen molar-refractivity contribution >= 4 is 23.6 Å². The summed E-state index contributed by atoms with van der Waals surface area (Å²) in [5.41, 5.74) is 0. The molecule has 2 heterocycles. The van der Waals surface area contributed by atoms with Crippen molar-refractivity contribution in [3.8, 4) is 0 Å². The molecular formula is C12H14NNaO6. The first kappa shape index (κ1) is 17.1. The molecule has 0 radical (unpaired) electrons. The van der Waals surface area contributed by atoms with Crippen LogP contribution in [-0.4, -0.2) is 46.7 Å². The number of rotatable bonds is 3. The summed E-state index contributed by atoms with van der Waals surface area (Å²) in [6.07, 6.45) is -0.747. The van der Waals surface area contributed by atoms with Crippen LogP contribution in [0.25, 0.3) is 0 Å². The summed E-state index contributed by atoms with van der Waals surface area (Å²) in [6, 6.07) is -2.04. The molecule has 8 heteroatoms. The van der Waals surface area contributed by atoms with E-state index in [1.807, 2.05) is 0 Å². The van der Waals surface area contributed by atoms with E-state index in [1.54, 1.807) is 0 Å². The number of carbonyl (C=O) groups is 4. The molecule has 5 atom stereocenters. The van der Waals surface area contributed by atoms with Gasteiger partial charge in [0.05, 0.1) is 12.0 Å². The molecule has 2 fully saturated rings. The molecule has 0 aliphatic carbocycles. The summed E-state index contributed by atoms with van der Waals surface area (Å²) in [4.78, 5) is 46.9. The zero-order valence-corrected chi connectivity index (χ0v) is 13.8. The Balaban J connectivity index is 0.00000200. The maximum Gasteiger partial charge on any atom is 1.00 e. The summed E-state index contributed by atoms with van der Waals surface area (Å²) in [7, 11) is 0. The van der Waals surface area contributed by atoms with Gasteiger partial charge in [-0.25, -0.2) is 0 Å². The molecule has 2 rings (SSSR count). The molecule has 0 spiro atoms. The molecule has 2 aliphatic heterocycles. The maximum atomic E-state index is 12.0. The van der Waals surface area contributed by atoms with Gasteiger partial charge in [0.15, 0.2) is 5.78 Å². The average molecular weight is 291 g/mol. The summed E-state index contributed by atoms with van der Waals surface area (Å²) < 4.78 is 4.91. The number of carbonyl (C=O) groups excluding carboxylic acids is 4. The van der Waals surface area contributed by atoms with Gasteiger partial charge in [-0.05, 0) is 6.92 Å². The second-order valence-electron chi connectivity index (χ2n) is 4.99. The van der Waals surface area contributed by atoms with Crippen molar-refractivity contribution in [2.75, 3.05) is 0 Å². The van der Waals surface area contributed by atoms with Gasteiger partial charge >= 0.3 is 35.5 Å². The SMILES string of the molecule is CC(=O)OC(C)C1C(=O)N2C(C(=O)[O-])C(C)C(=O)[C@H]12.[Na+]. The summed E-state index contributed by atoms with van der Waals surface area (Å²) in [5.74, 6) is -4.37. The van der Waals surface area contributed by atoms with Crippen molar-refractivity contribution in [3.05, 3.63) is 0 Å². The Labute approximate surface area is 137 Å². The molecule has 4 unspecified atom stereocenters. The fourth-order valence-corrected chi connectivity index (χ4v) is 2.94. The quantitative estimate of drug-likeness (QED) is 0.293. The van der Waals surface area contributed by atoms with Crippen molar-refractivity contribution in [3.63, 3.8) is 0 Å². The number of hydrogen-bond acceptors (Lipinski definition) is 6. The van der Waals surface area contributed by atoms with Crippen LogP contribution in [0.4, 0.5) is 0 Å². The minimum absolute atomic E-state index is 0. The molecule has 20 heavy (non-hydrogen) atoms. The number of amides is 1. The first-order valence-corrected chi connectivity index (χ1v) is 6.01. The molecule has 104 valence electrons. The number of ether oxygens (including phenoxy) is 1. The zero-order chi connectivity index (χ0) is 14.5. The third-order valence-electron chi connectivity index (χ3n) is 3.79. The molecule has 1 amide bonds. The number of aliphatic carboxylic acids is 1. The summed E-state index contributed by atoms with van der Waals surface area (Å²) in [5, 5.41) is 11.0. The van der Waals surface area contributed by atoms with Gasteiger partial charge in [-0.3, -0.25) is 14.4 Å². The molecule has 2 aliphatic rings. The van der Waals surface area contributed by atoms with Crippen molar-refractivity contribution < 1.29 is 58.6 Å². The Morgan fingerprint density at radius 3 is 2.35 bits per heavy atom. The van der Waals surface area contributed by atoms with Crippen LogP contribution in [0.3, 0.4) is 0 Å². The molecule has 7 nitrogen and oxygen atoms in total. The van der Waals surface area contributed by atoms with E-state index >= 15 is 0 Å². The molecule has 0 bridgehead atoms. The predicted molar refractivity (Wildman–Crippen MR) is 58.3 cm³/mol. The summed E-state index contributed by atoms with van der Waals surface area (Å²) in [6.45, 7) is 4.19. The van der Waals surface area contributed by atoms with E-state index < -0.39 is 47.9 Å². The van der Waals surface area contributed by atoms with E-state index in [1.165, 1.54) is 20.8 Å². The van der Waals surface area contributed by atoms with Crippen LogP contribution in [0.2, 0.25) is 0 Å². The molecule has 0 aromatic carbocycles. The van der Waals surface area contributed by atoms with Crippen LogP contribution in [0.1, 0.15) is 20.8 Å². The third kappa shape index (κ3) is 2.38. The van der Waals surface area contributed by atoms with Crippen molar-refractivity contribution in [2.24, 2.45) is 11.8 Å². The second kappa shape index (κ2) is 5.83. The smallest absolute Gasteiger partial charge is 0.548 e. The topological polar surface area (TPSA) is 104 Å². The van der Waals surface area contributed by atoms with Gasteiger partial charge in [-0.2, -0.15) is 0 Å². The average Bonchev–Trinajstić information content (AvgIpc) is 2.49. The van der Waals surface area contributed by atoms with Crippen LogP contribution in [0, 0.1) is 11.8 Å². The first-order valence-electron chi connectivity index (χ1n) is 6.01. The first-order chi connectivity index (χ1) is 8.77. The minimum atomic E-state index is -1.43. The van der Waals surface area contributed by atoms with E-state index in [-0.39, 0.29) is 35.3 Å². The van der Waals surface area contributed by atoms with Crippen LogP contribution < -0.4 is 34.7 Å². The summed E-state index contributed by atoms with van der Waals surface area (Å²) >= 11 is 0. The Kier molecular flexibility index (Phi) is 4.99. The largest absolute Gasteiger partial charge is 1.00 e. The van der Waals surface area contributed by atoms with E-state index in [2.05, 4.69) is 0 Å². The normalized spacial score (nSPS) is 32.9. The van der Waals surface area contributed by atoms with Gasteiger partial charge in [0.2, 0.25) is 5.91 Å². The number of nitrogens with zero attached hydrogens (tertiary/aromatic N) is 1. The standard InChI is InChI=1S/C12H15NO6.Na/c1-4-8(12(17)18)13-9(10(4)15)7(11(13)16)5(2)19-6(3)14;/h4-5,7-9H,1-3H3,(H,17,18);/q;+1/p-1/t4?,5?,7?,8?,9-;/m0./s1. The number of ketones is 1. The number of carboxylic acids is 1. The van der Waals surface area contributed by atoms with Crippen LogP contribution >= 0.6 is 0 Å². The molecular weight excluding hydrogens is 277 g/mol. The van der Waals surface area contributed by atoms with E-state index in [0.29, 0.717) is 0 Å². The Bertz CT molecular complexity index is 479. The van der Waals surface area contributed by atoms with E-state index in [9.17, 15) is 24.3 Å². The Morgan fingerprint density at radius 2 is 1.90 bits per heavy atom. The van der Waals surface area contributed by atoms with Gasteiger partial charge in [0.25, 0.3) is 0 Å². The Hall–Kier alpha value is -0.920. The molecule has 0 aromatic heterocycles. The van der Waals surface area contributed by atoms with Gasteiger partial charge in [0.1, 0.15) is 18.1 Å². The van der Waals surface area contributed by atoms with Crippen molar-refractivity contribution in [1.29, 1.82) is 0 Å². The molecule has 2 saturated heterocycles.